The third kappa shape index (κ3) is 2.27. The lowest BCUT2D eigenvalue weighted by Crippen LogP contribution is -2.42. The van der Waals surface area contributed by atoms with Crippen molar-refractivity contribution in [1.29, 1.82) is 0 Å². The van der Waals surface area contributed by atoms with Crippen LogP contribution >= 0.6 is 15.9 Å². The van der Waals surface area contributed by atoms with Crippen molar-refractivity contribution in [2.45, 2.75) is 52.4 Å². The maximum atomic E-state index is 6.14. The Morgan fingerprint density at radius 2 is 1.31 bits per heavy atom. The van der Waals surface area contributed by atoms with Crippen molar-refractivity contribution in [3.8, 4) is 11.1 Å². The summed E-state index contributed by atoms with van der Waals surface area (Å²) in [7, 11) is 0. The highest BCUT2D eigenvalue weighted by Gasteiger charge is 2.56. The maximum absolute atomic E-state index is 6.14. The standard InChI is InChI=1S/C27H27BrO/c1-25(2)19-14-18(21(28)15-20(19)26(3,4)27(25,5)6)16-11-9-13-23-24(16)17-10-7-8-12-22(17)29-23/h7-15H,1-6H3. The molecular formula is C27H27BrO. The molecular weight excluding hydrogens is 420 g/mol. The Morgan fingerprint density at radius 1 is 0.690 bits per heavy atom. The number of halogens is 1. The minimum Gasteiger partial charge on any atom is -0.456 e. The molecule has 0 N–H and O–H groups in total. The molecule has 29 heavy (non-hydrogen) atoms. The van der Waals surface area contributed by atoms with Gasteiger partial charge in [-0.2, -0.15) is 0 Å². The lowest BCUT2D eigenvalue weighted by atomic mass is 9.59. The first-order valence-corrected chi connectivity index (χ1v) is 11.1. The molecule has 1 heterocycles. The molecule has 0 aliphatic heterocycles. The van der Waals surface area contributed by atoms with Crippen LogP contribution in [0.5, 0.6) is 0 Å². The molecule has 2 heteroatoms. The zero-order valence-electron chi connectivity index (χ0n) is 18.0. The summed E-state index contributed by atoms with van der Waals surface area (Å²) in [5.41, 5.74) is 7.57. The molecule has 4 aromatic rings. The Labute approximate surface area is 181 Å². The van der Waals surface area contributed by atoms with E-state index >= 15 is 0 Å². The van der Waals surface area contributed by atoms with E-state index in [0.717, 1.165) is 15.6 Å². The summed E-state index contributed by atoms with van der Waals surface area (Å²) >= 11 is 3.92. The number of hydrogen-bond acceptors (Lipinski definition) is 1. The van der Waals surface area contributed by atoms with Crippen LogP contribution in [0, 0.1) is 5.41 Å². The van der Waals surface area contributed by atoms with Crippen LogP contribution in [-0.4, -0.2) is 0 Å². The molecule has 1 aliphatic carbocycles. The maximum Gasteiger partial charge on any atom is 0.136 e. The van der Waals surface area contributed by atoms with Gasteiger partial charge in [0.15, 0.2) is 0 Å². The third-order valence-corrected chi connectivity index (χ3v) is 8.93. The van der Waals surface area contributed by atoms with Crippen molar-refractivity contribution in [1.82, 2.24) is 0 Å². The molecule has 5 rings (SSSR count). The van der Waals surface area contributed by atoms with Crippen LogP contribution in [0.15, 0.2) is 63.5 Å². The van der Waals surface area contributed by atoms with E-state index in [2.05, 4.69) is 99.9 Å². The molecule has 0 unspecified atom stereocenters. The normalized spacial score (nSPS) is 19.0. The SMILES string of the molecule is CC1(C)c2cc(Br)c(-c3cccc4oc5ccccc5c34)cc2C(C)(C)C1(C)C. The number of fused-ring (bicyclic) bond motifs is 4. The highest BCUT2D eigenvalue weighted by Crippen LogP contribution is 2.62. The van der Waals surface area contributed by atoms with Crippen LogP contribution in [0.1, 0.15) is 52.7 Å². The minimum absolute atomic E-state index is 0.0770. The lowest BCUT2D eigenvalue weighted by molar-refractivity contribution is 0.125. The molecule has 0 fully saturated rings. The Balaban J connectivity index is 1.85. The van der Waals surface area contributed by atoms with Gasteiger partial charge in [-0.15, -0.1) is 0 Å². The van der Waals surface area contributed by atoms with Crippen LogP contribution in [0.3, 0.4) is 0 Å². The molecule has 0 bridgehead atoms. The minimum atomic E-state index is 0.0770. The van der Waals surface area contributed by atoms with E-state index < -0.39 is 0 Å². The predicted octanol–water partition coefficient (Wildman–Crippen LogP) is 8.61. The monoisotopic (exact) mass is 446 g/mol. The van der Waals surface area contributed by atoms with Crippen LogP contribution in [-0.2, 0) is 10.8 Å². The second-order valence-electron chi connectivity index (χ2n) is 10.0. The molecule has 0 saturated carbocycles. The summed E-state index contributed by atoms with van der Waals surface area (Å²) in [5, 5.41) is 2.36. The summed E-state index contributed by atoms with van der Waals surface area (Å²) in [5.74, 6) is 0. The van der Waals surface area contributed by atoms with Gasteiger partial charge in [-0.05, 0) is 62.8 Å². The van der Waals surface area contributed by atoms with Crippen molar-refractivity contribution in [3.63, 3.8) is 0 Å². The number of rotatable bonds is 1. The van der Waals surface area contributed by atoms with Crippen molar-refractivity contribution in [2.24, 2.45) is 5.41 Å². The van der Waals surface area contributed by atoms with Gasteiger partial charge in [-0.25, -0.2) is 0 Å². The average Bonchev–Trinajstić information content (AvgIpc) is 3.09. The second-order valence-corrected chi connectivity index (χ2v) is 10.9. The van der Waals surface area contributed by atoms with Gasteiger partial charge in [0.1, 0.15) is 11.2 Å². The van der Waals surface area contributed by atoms with Crippen molar-refractivity contribution in [2.75, 3.05) is 0 Å². The molecule has 1 aliphatic rings. The molecule has 1 nitrogen and oxygen atoms in total. The van der Waals surface area contributed by atoms with Gasteiger partial charge < -0.3 is 4.42 Å². The van der Waals surface area contributed by atoms with E-state index in [1.807, 2.05) is 12.1 Å². The van der Waals surface area contributed by atoms with Crippen molar-refractivity contribution in [3.05, 3.63) is 70.2 Å². The average molecular weight is 447 g/mol. The molecule has 0 atom stereocenters. The zero-order chi connectivity index (χ0) is 20.8. The molecule has 0 radical (unpaired) electrons. The quantitative estimate of drug-likeness (QED) is 0.285. The van der Waals surface area contributed by atoms with E-state index in [4.69, 9.17) is 4.42 Å². The van der Waals surface area contributed by atoms with E-state index in [9.17, 15) is 0 Å². The van der Waals surface area contributed by atoms with Crippen LogP contribution in [0.25, 0.3) is 33.1 Å². The van der Waals surface area contributed by atoms with Crippen molar-refractivity contribution >= 4 is 37.9 Å². The molecule has 0 saturated heterocycles. The van der Waals surface area contributed by atoms with E-state index in [0.29, 0.717) is 0 Å². The van der Waals surface area contributed by atoms with Crippen LogP contribution < -0.4 is 0 Å². The van der Waals surface area contributed by atoms with Gasteiger partial charge >= 0.3 is 0 Å². The first-order valence-electron chi connectivity index (χ1n) is 10.3. The van der Waals surface area contributed by atoms with Gasteiger partial charge in [-0.1, -0.05) is 87.8 Å². The number of hydrogen-bond donors (Lipinski definition) is 0. The molecule has 3 aromatic carbocycles. The van der Waals surface area contributed by atoms with Gasteiger partial charge in [-0.3, -0.25) is 0 Å². The van der Waals surface area contributed by atoms with Crippen molar-refractivity contribution < 1.29 is 4.42 Å². The van der Waals surface area contributed by atoms with Crippen LogP contribution in [0.4, 0.5) is 0 Å². The summed E-state index contributed by atoms with van der Waals surface area (Å²) in [4.78, 5) is 0. The summed E-state index contributed by atoms with van der Waals surface area (Å²) in [6, 6.07) is 19.5. The molecule has 148 valence electrons. The predicted molar refractivity (Wildman–Crippen MR) is 127 cm³/mol. The number of furan rings is 1. The van der Waals surface area contributed by atoms with Gasteiger partial charge in [0.05, 0.1) is 0 Å². The first-order chi connectivity index (χ1) is 13.6. The Bertz CT molecular complexity index is 1290. The Kier molecular flexibility index (Phi) is 3.76. The topological polar surface area (TPSA) is 13.1 Å². The van der Waals surface area contributed by atoms with E-state index in [1.54, 1.807) is 0 Å². The van der Waals surface area contributed by atoms with Gasteiger partial charge in [0, 0.05) is 15.2 Å². The number of benzene rings is 3. The van der Waals surface area contributed by atoms with E-state index in [1.165, 1.54) is 33.0 Å². The smallest absolute Gasteiger partial charge is 0.136 e. The fourth-order valence-corrected chi connectivity index (χ4v) is 5.82. The second kappa shape index (κ2) is 5.76. The highest BCUT2D eigenvalue weighted by atomic mass is 79.9. The summed E-state index contributed by atoms with van der Waals surface area (Å²) in [6.45, 7) is 14.4. The Morgan fingerprint density at radius 3 is 2.03 bits per heavy atom. The van der Waals surface area contributed by atoms with E-state index in [-0.39, 0.29) is 16.2 Å². The molecule has 1 aromatic heterocycles. The largest absolute Gasteiger partial charge is 0.456 e. The first kappa shape index (κ1) is 18.9. The van der Waals surface area contributed by atoms with Gasteiger partial charge in [0.2, 0.25) is 0 Å². The fraction of sp³-hybridized carbons (Fsp3) is 0.333. The molecule has 0 spiro atoms. The summed E-state index contributed by atoms with van der Waals surface area (Å²) in [6.07, 6.45) is 0. The third-order valence-electron chi connectivity index (χ3n) is 8.27. The van der Waals surface area contributed by atoms with Gasteiger partial charge in [0.25, 0.3) is 0 Å². The Hall–Kier alpha value is -2.06. The lowest BCUT2D eigenvalue weighted by Gasteiger charge is -2.44. The zero-order valence-corrected chi connectivity index (χ0v) is 19.6. The number of para-hydroxylation sites is 1. The highest BCUT2D eigenvalue weighted by molar-refractivity contribution is 9.10. The molecule has 0 amide bonds. The fourth-order valence-electron chi connectivity index (χ4n) is 5.27. The van der Waals surface area contributed by atoms with Crippen LogP contribution in [0.2, 0.25) is 0 Å². The summed E-state index contributed by atoms with van der Waals surface area (Å²) < 4.78 is 7.29.